The van der Waals surface area contributed by atoms with E-state index in [4.69, 9.17) is 0 Å². The van der Waals surface area contributed by atoms with Crippen LogP contribution in [-0.2, 0) is 11.2 Å². The quantitative estimate of drug-likeness (QED) is 0.719. The van der Waals surface area contributed by atoms with Gasteiger partial charge in [0.15, 0.2) is 0 Å². The smallest absolute Gasteiger partial charge is 0.293 e. The zero-order valence-electron chi connectivity index (χ0n) is 7.13. The molecule has 0 N–H and O–H groups in total. The molecule has 0 bridgehead atoms. The van der Waals surface area contributed by atoms with Crippen molar-refractivity contribution in [3.63, 3.8) is 0 Å². The average molecular weight is 185 g/mol. The van der Waals surface area contributed by atoms with Crippen molar-refractivity contribution in [1.82, 2.24) is 4.98 Å². The molecular weight excluding hydrogens is 176 g/mol. The van der Waals surface area contributed by atoms with Crippen LogP contribution in [0.3, 0.4) is 0 Å². The predicted octanol–water partition coefficient (Wildman–Crippen LogP) is 1.85. The van der Waals surface area contributed by atoms with E-state index in [0.717, 1.165) is 0 Å². The monoisotopic (exact) mass is 185 g/mol. The van der Waals surface area contributed by atoms with Crippen LogP contribution in [0.4, 0.5) is 8.78 Å². The van der Waals surface area contributed by atoms with Gasteiger partial charge in [0.05, 0.1) is 0 Å². The van der Waals surface area contributed by atoms with Gasteiger partial charge in [-0.05, 0) is 11.6 Å². The molecule has 1 rings (SSSR count). The van der Waals surface area contributed by atoms with Crippen LogP contribution in [0.5, 0.6) is 0 Å². The fourth-order valence-corrected chi connectivity index (χ4v) is 0.843. The average Bonchev–Trinajstić information content (AvgIpc) is 2.04. The van der Waals surface area contributed by atoms with Gasteiger partial charge >= 0.3 is 5.92 Å². The molecule has 0 amide bonds. The Morgan fingerprint density at radius 1 is 1.62 bits per heavy atom. The molecule has 0 atom stereocenters. The van der Waals surface area contributed by atoms with Crippen LogP contribution in [-0.4, -0.2) is 16.7 Å². The molecule has 1 heterocycles. The number of nitrogens with zero attached hydrogens (tertiary/aromatic N) is 1. The molecule has 0 spiro atoms. The molecule has 0 aliphatic carbocycles. The zero-order valence-corrected chi connectivity index (χ0v) is 7.13. The van der Waals surface area contributed by atoms with Crippen molar-refractivity contribution in [3.8, 4) is 0 Å². The standard InChI is InChI=1S/C9H9F2NO/c1-9(10,11)8(13)5-7-3-2-4-12-6-7/h2-4,6H,5H2,1H3. The number of alkyl halides is 2. The van der Waals surface area contributed by atoms with Crippen molar-refractivity contribution in [2.45, 2.75) is 19.3 Å². The number of carbonyl (C=O) groups is 1. The fraction of sp³-hybridized carbons (Fsp3) is 0.333. The van der Waals surface area contributed by atoms with Gasteiger partial charge in [-0.1, -0.05) is 6.07 Å². The van der Waals surface area contributed by atoms with E-state index in [1.165, 1.54) is 12.4 Å². The van der Waals surface area contributed by atoms with E-state index >= 15 is 0 Å². The van der Waals surface area contributed by atoms with Gasteiger partial charge in [0.1, 0.15) is 0 Å². The van der Waals surface area contributed by atoms with E-state index in [2.05, 4.69) is 4.98 Å². The van der Waals surface area contributed by atoms with E-state index in [9.17, 15) is 13.6 Å². The zero-order chi connectivity index (χ0) is 9.90. The number of halogens is 2. The molecule has 2 nitrogen and oxygen atoms in total. The van der Waals surface area contributed by atoms with Gasteiger partial charge in [0, 0.05) is 25.7 Å². The summed E-state index contributed by atoms with van der Waals surface area (Å²) in [4.78, 5) is 14.6. The highest BCUT2D eigenvalue weighted by Gasteiger charge is 2.31. The maximum Gasteiger partial charge on any atom is 0.302 e. The molecule has 0 saturated carbocycles. The molecule has 1 aromatic rings. The Kier molecular flexibility index (Phi) is 2.70. The molecule has 0 radical (unpaired) electrons. The lowest BCUT2D eigenvalue weighted by Gasteiger charge is -2.07. The minimum Gasteiger partial charge on any atom is -0.293 e. The summed E-state index contributed by atoms with van der Waals surface area (Å²) in [6, 6.07) is 3.20. The SMILES string of the molecule is CC(F)(F)C(=O)Cc1cccnc1. The third kappa shape index (κ3) is 2.89. The number of carbonyl (C=O) groups excluding carboxylic acids is 1. The number of rotatable bonds is 3. The normalized spacial score (nSPS) is 11.3. The predicted molar refractivity (Wildman–Crippen MR) is 43.6 cm³/mol. The Labute approximate surface area is 74.6 Å². The number of hydrogen-bond donors (Lipinski definition) is 0. The highest BCUT2D eigenvalue weighted by Crippen LogP contribution is 2.15. The molecule has 0 aromatic carbocycles. The third-order valence-electron chi connectivity index (χ3n) is 1.58. The van der Waals surface area contributed by atoms with E-state index in [-0.39, 0.29) is 6.42 Å². The van der Waals surface area contributed by atoms with Gasteiger partial charge in [0.2, 0.25) is 5.78 Å². The van der Waals surface area contributed by atoms with E-state index in [1.54, 1.807) is 12.1 Å². The van der Waals surface area contributed by atoms with Crippen LogP contribution >= 0.6 is 0 Å². The molecule has 1 aromatic heterocycles. The first kappa shape index (κ1) is 9.77. The van der Waals surface area contributed by atoms with Gasteiger partial charge in [-0.3, -0.25) is 9.78 Å². The highest BCUT2D eigenvalue weighted by atomic mass is 19.3. The fourth-order valence-electron chi connectivity index (χ4n) is 0.843. The molecule has 0 saturated heterocycles. The first-order valence-corrected chi connectivity index (χ1v) is 3.80. The van der Waals surface area contributed by atoms with Crippen molar-refractivity contribution >= 4 is 5.78 Å². The highest BCUT2D eigenvalue weighted by molar-refractivity contribution is 5.87. The van der Waals surface area contributed by atoms with E-state index < -0.39 is 11.7 Å². The second-order valence-corrected chi connectivity index (χ2v) is 2.85. The number of pyridine rings is 1. The Hall–Kier alpha value is -1.32. The lowest BCUT2D eigenvalue weighted by molar-refractivity contribution is -0.139. The van der Waals surface area contributed by atoms with Crippen molar-refractivity contribution in [3.05, 3.63) is 30.1 Å². The molecular formula is C9H9F2NO. The van der Waals surface area contributed by atoms with Crippen LogP contribution in [0.15, 0.2) is 24.5 Å². The summed E-state index contributed by atoms with van der Waals surface area (Å²) in [5, 5.41) is 0. The summed E-state index contributed by atoms with van der Waals surface area (Å²) in [6.07, 6.45) is 2.67. The molecule has 70 valence electrons. The van der Waals surface area contributed by atoms with Crippen LogP contribution in [0.1, 0.15) is 12.5 Å². The number of ketones is 1. The van der Waals surface area contributed by atoms with Gasteiger partial charge in [-0.25, -0.2) is 0 Å². The Morgan fingerprint density at radius 2 is 2.31 bits per heavy atom. The first-order chi connectivity index (χ1) is 6.00. The van der Waals surface area contributed by atoms with Crippen molar-refractivity contribution in [2.75, 3.05) is 0 Å². The van der Waals surface area contributed by atoms with Crippen molar-refractivity contribution < 1.29 is 13.6 Å². The number of aromatic nitrogens is 1. The number of Topliss-reactive ketones (excluding diaryl/α,β-unsaturated/α-hetero) is 1. The van der Waals surface area contributed by atoms with Crippen LogP contribution in [0.25, 0.3) is 0 Å². The summed E-state index contributed by atoms with van der Waals surface area (Å²) in [5.41, 5.74) is 0.508. The lowest BCUT2D eigenvalue weighted by Crippen LogP contribution is -2.26. The third-order valence-corrected chi connectivity index (χ3v) is 1.58. The second-order valence-electron chi connectivity index (χ2n) is 2.85. The van der Waals surface area contributed by atoms with Gasteiger partial charge < -0.3 is 0 Å². The summed E-state index contributed by atoms with van der Waals surface area (Å²) < 4.78 is 24.9. The number of hydrogen-bond acceptors (Lipinski definition) is 2. The topological polar surface area (TPSA) is 30.0 Å². The Bertz CT molecular complexity index is 292. The molecule has 4 heteroatoms. The maximum absolute atomic E-state index is 12.4. The maximum atomic E-state index is 12.4. The second kappa shape index (κ2) is 3.60. The molecule has 0 aliphatic rings. The van der Waals surface area contributed by atoms with Crippen LogP contribution in [0, 0.1) is 0 Å². The van der Waals surface area contributed by atoms with E-state index in [0.29, 0.717) is 12.5 Å². The summed E-state index contributed by atoms with van der Waals surface area (Å²) in [7, 11) is 0. The summed E-state index contributed by atoms with van der Waals surface area (Å²) >= 11 is 0. The van der Waals surface area contributed by atoms with Gasteiger partial charge in [-0.2, -0.15) is 8.78 Å². The first-order valence-electron chi connectivity index (χ1n) is 3.80. The summed E-state index contributed by atoms with van der Waals surface area (Å²) in [6.45, 7) is 0.603. The minimum atomic E-state index is -3.25. The van der Waals surface area contributed by atoms with Crippen LogP contribution < -0.4 is 0 Å². The van der Waals surface area contributed by atoms with Crippen LogP contribution in [0.2, 0.25) is 0 Å². The summed E-state index contributed by atoms with van der Waals surface area (Å²) in [5.74, 6) is -4.34. The van der Waals surface area contributed by atoms with Gasteiger partial charge in [-0.15, -0.1) is 0 Å². The molecule has 13 heavy (non-hydrogen) atoms. The molecule has 0 aliphatic heterocycles. The Balaban J connectivity index is 2.66. The van der Waals surface area contributed by atoms with Gasteiger partial charge in [0.25, 0.3) is 0 Å². The molecule has 0 fully saturated rings. The van der Waals surface area contributed by atoms with Crippen molar-refractivity contribution in [2.24, 2.45) is 0 Å². The Morgan fingerprint density at radius 3 is 2.77 bits per heavy atom. The largest absolute Gasteiger partial charge is 0.302 e. The molecule has 0 unspecified atom stereocenters. The lowest BCUT2D eigenvalue weighted by atomic mass is 10.1. The van der Waals surface area contributed by atoms with Crippen molar-refractivity contribution in [1.29, 1.82) is 0 Å². The minimum absolute atomic E-state index is 0.267. The van der Waals surface area contributed by atoms with E-state index in [1.807, 2.05) is 0 Å².